The SMILES string of the molecule is OC1CCCNC1c1cncs1. The summed E-state index contributed by atoms with van der Waals surface area (Å²) in [7, 11) is 0. The highest BCUT2D eigenvalue weighted by molar-refractivity contribution is 7.09. The van der Waals surface area contributed by atoms with Crippen LogP contribution in [0.4, 0.5) is 0 Å². The number of nitrogens with one attached hydrogen (secondary N) is 1. The van der Waals surface area contributed by atoms with Crippen molar-refractivity contribution >= 4 is 11.3 Å². The minimum atomic E-state index is -0.237. The first-order valence-electron chi connectivity index (χ1n) is 4.18. The van der Waals surface area contributed by atoms with Crippen LogP contribution in [0, 0.1) is 0 Å². The van der Waals surface area contributed by atoms with Crippen molar-refractivity contribution in [1.29, 1.82) is 0 Å². The van der Waals surface area contributed by atoms with Crippen LogP contribution >= 0.6 is 11.3 Å². The first-order chi connectivity index (χ1) is 5.88. The van der Waals surface area contributed by atoms with Gasteiger partial charge in [-0.05, 0) is 19.4 Å². The van der Waals surface area contributed by atoms with Crippen LogP contribution in [0.3, 0.4) is 0 Å². The lowest BCUT2D eigenvalue weighted by Gasteiger charge is -2.27. The van der Waals surface area contributed by atoms with E-state index in [2.05, 4.69) is 10.3 Å². The molecule has 2 atom stereocenters. The Hall–Kier alpha value is -0.450. The highest BCUT2D eigenvalue weighted by atomic mass is 32.1. The third kappa shape index (κ3) is 1.50. The zero-order chi connectivity index (χ0) is 8.39. The molecule has 0 radical (unpaired) electrons. The van der Waals surface area contributed by atoms with Gasteiger partial charge in [-0.2, -0.15) is 0 Å². The number of hydrogen-bond donors (Lipinski definition) is 2. The van der Waals surface area contributed by atoms with Crippen molar-refractivity contribution in [2.75, 3.05) is 6.54 Å². The lowest BCUT2D eigenvalue weighted by atomic mass is 10.0. The maximum Gasteiger partial charge on any atom is 0.0794 e. The summed E-state index contributed by atoms with van der Waals surface area (Å²) in [5.74, 6) is 0. The molecule has 66 valence electrons. The minimum Gasteiger partial charge on any atom is -0.391 e. The van der Waals surface area contributed by atoms with Gasteiger partial charge in [-0.3, -0.25) is 4.98 Å². The average molecular weight is 184 g/mol. The van der Waals surface area contributed by atoms with Gasteiger partial charge in [0.15, 0.2) is 0 Å². The van der Waals surface area contributed by atoms with E-state index in [1.54, 1.807) is 16.8 Å². The smallest absolute Gasteiger partial charge is 0.0794 e. The molecular formula is C8H12N2OS. The Morgan fingerprint density at radius 2 is 2.58 bits per heavy atom. The van der Waals surface area contributed by atoms with Crippen LogP contribution in [0.5, 0.6) is 0 Å². The van der Waals surface area contributed by atoms with Crippen LogP contribution in [-0.4, -0.2) is 22.7 Å². The fraction of sp³-hybridized carbons (Fsp3) is 0.625. The van der Waals surface area contributed by atoms with Crippen molar-refractivity contribution in [1.82, 2.24) is 10.3 Å². The van der Waals surface area contributed by atoms with Gasteiger partial charge in [0, 0.05) is 11.1 Å². The lowest BCUT2D eigenvalue weighted by Crippen LogP contribution is -2.37. The second-order valence-corrected chi connectivity index (χ2v) is 3.96. The summed E-state index contributed by atoms with van der Waals surface area (Å²) >= 11 is 1.60. The number of piperidine rings is 1. The van der Waals surface area contributed by atoms with E-state index >= 15 is 0 Å². The second kappa shape index (κ2) is 3.51. The molecule has 1 aromatic rings. The lowest BCUT2D eigenvalue weighted by molar-refractivity contribution is 0.0979. The monoisotopic (exact) mass is 184 g/mol. The van der Waals surface area contributed by atoms with Crippen LogP contribution in [0.1, 0.15) is 23.8 Å². The fourth-order valence-electron chi connectivity index (χ4n) is 1.54. The van der Waals surface area contributed by atoms with Gasteiger partial charge in [0.1, 0.15) is 0 Å². The van der Waals surface area contributed by atoms with Crippen LogP contribution < -0.4 is 5.32 Å². The van der Waals surface area contributed by atoms with Gasteiger partial charge in [0.05, 0.1) is 17.7 Å². The van der Waals surface area contributed by atoms with Gasteiger partial charge in [-0.25, -0.2) is 0 Å². The second-order valence-electron chi connectivity index (χ2n) is 3.05. The molecule has 1 aliphatic heterocycles. The number of thiazole rings is 1. The molecule has 3 nitrogen and oxygen atoms in total. The van der Waals surface area contributed by atoms with Gasteiger partial charge in [0.2, 0.25) is 0 Å². The van der Waals surface area contributed by atoms with Gasteiger partial charge < -0.3 is 10.4 Å². The molecular weight excluding hydrogens is 172 g/mol. The van der Waals surface area contributed by atoms with E-state index < -0.39 is 0 Å². The molecule has 1 fully saturated rings. The van der Waals surface area contributed by atoms with Crippen molar-refractivity contribution < 1.29 is 5.11 Å². The highest BCUT2D eigenvalue weighted by Crippen LogP contribution is 2.25. The van der Waals surface area contributed by atoms with Crippen molar-refractivity contribution in [3.8, 4) is 0 Å². The molecule has 0 bridgehead atoms. The largest absolute Gasteiger partial charge is 0.391 e. The minimum absolute atomic E-state index is 0.117. The summed E-state index contributed by atoms with van der Waals surface area (Å²) in [6.07, 6.45) is 3.56. The quantitative estimate of drug-likeness (QED) is 0.682. The zero-order valence-electron chi connectivity index (χ0n) is 6.73. The summed E-state index contributed by atoms with van der Waals surface area (Å²) in [5.41, 5.74) is 1.80. The van der Waals surface area contributed by atoms with Crippen LogP contribution in [0.2, 0.25) is 0 Å². The molecule has 1 saturated heterocycles. The molecule has 2 unspecified atom stereocenters. The van der Waals surface area contributed by atoms with E-state index in [4.69, 9.17) is 0 Å². The molecule has 2 heterocycles. The van der Waals surface area contributed by atoms with Crippen molar-refractivity contribution in [3.63, 3.8) is 0 Å². The number of hydrogen-bond acceptors (Lipinski definition) is 4. The third-order valence-electron chi connectivity index (χ3n) is 2.18. The van der Waals surface area contributed by atoms with Crippen LogP contribution in [-0.2, 0) is 0 Å². The van der Waals surface area contributed by atoms with Crippen molar-refractivity contribution in [2.24, 2.45) is 0 Å². The number of aliphatic hydroxyl groups excluding tert-OH is 1. The highest BCUT2D eigenvalue weighted by Gasteiger charge is 2.24. The molecule has 4 heteroatoms. The van der Waals surface area contributed by atoms with Gasteiger partial charge >= 0.3 is 0 Å². The Morgan fingerprint density at radius 1 is 1.67 bits per heavy atom. The fourth-order valence-corrected chi connectivity index (χ4v) is 2.29. The number of aromatic nitrogens is 1. The summed E-state index contributed by atoms with van der Waals surface area (Å²) in [6.45, 7) is 1.000. The summed E-state index contributed by atoms with van der Waals surface area (Å²) < 4.78 is 0. The number of rotatable bonds is 1. The van der Waals surface area contributed by atoms with Crippen LogP contribution in [0.15, 0.2) is 11.7 Å². The van der Waals surface area contributed by atoms with Crippen molar-refractivity contribution in [3.05, 3.63) is 16.6 Å². The average Bonchev–Trinajstić information content (AvgIpc) is 2.57. The predicted octanol–water partition coefficient (Wildman–Crippen LogP) is 0.928. The molecule has 2 N–H and O–H groups in total. The standard InChI is InChI=1S/C8H12N2OS/c11-6-2-1-3-10-8(6)7-4-9-5-12-7/h4-6,8,10-11H,1-3H2. The van der Waals surface area contributed by atoms with E-state index in [0.29, 0.717) is 0 Å². The topological polar surface area (TPSA) is 45.1 Å². The maximum absolute atomic E-state index is 9.66. The van der Waals surface area contributed by atoms with E-state index in [1.807, 2.05) is 6.20 Å². The molecule has 1 aliphatic rings. The predicted molar refractivity (Wildman–Crippen MR) is 48.1 cm³/mol. The first-order valence-corrected chi connectivity index (χ1v) is 5.06. The van der Waals surface area contributed by atoms with Gasteiger partial charge in [-0.1, -0.05) is 0 Å². The Balaban J connectivity index is 2.11. The summed E-state index contributed by atoms with van der Waals surface area (Å²) in [6, 6.07) is 0.117. The zero-order valence-corrected chi connectivity index (χ0v) is 7.55. The van der Waals surface area contributed by atoms with Gasteiger partial charge in [0.25, 0.3) is 0 Å². The van der Waals surface area contributed by atoms with E-state index in [-0.39, 0.29) is 12.1 Å². The molecule has 12 heavy (non-hydrogen) atoms. The normalized spacial score (nSPS) is 30.4. The first kappa shape index (κ1) is 8.16. The Bertz CT molecular complexity index is 237. The molecule has 0 aromatic carbocycles. The Labute approximate surface area is 75.5 Å². The molecule has 2 rings (SSSR count). The maximum atomic E-state index is 9.66. The van der Waals surface area contributed by atoms with Crippen molar-refractivity contribution in [2.45, 2.75) is 25.0 Å². The molecule has 0 aliphatic carbocycles. The summed E-state index contributed by atoms with van der Waals surface area (Å²) in [4.78, 5) is 5.14. The number of aliphatic hydroxyl groups is 1. The summed E-state index contributed by atoms with van der Waals surface area (Å²) in [5, 5.41) is 12.9. The Kier molecular flexibility index (Phi) is 2.39. The van der Waals surface area contributed by atoms with E-state index in [9.17, 15) is 5.11 Å². The molecule has 0 spiro atoms. The van der Waals surface area contributed by atoms with Crippen LogP contribution in [0.25, 0.3) is 0 Å². The number of nitrogens with zero attached hydrogens (tertiary/aromatic N) is 1. The molecule has 0 amide bonds. The van der Waals surface area contributed by atoms with E-state index in [0.717, 1.165) is 24.3 Å². The van der Waals surface area contributed by atoms with E-state index in [1.165, 1.54) is 0 Å². The Morgan fingerprint density at radius 3 is 3.25 bits per heavy atom. The van der Waals surface area contributed by atoms with Gasteiger partial charge in [-0.15, -0.1) is 11.3 Å². The molecule has 0 saturated carbocycles. The third-order valence-corrected chi connectivity index (χ3v) is 3.04. The molecule has 1 aromatic heterocycles.